The van der Waals surface area contributed by atoms with Crippen LogP contribution in [0.5, 0.6) is 0 Å². The van der Waals surface area contributed by atoms with Gasteiger partial charge in [0.1, 0.15) is 0 Å². The smallest absolute Gasteiger partial charge is 0.323 e. The van der Waals surface area contributed by atoms with Gasteiger partial charge in [-0.05, 0) is 12.1 Å². The third-order valence-electron chi connectivity index (χ3n) is 1.94. The van der Waals surface area contributed by atoms with E-state index in [2.05, 4.69) is 0 Å². The zero-order valence-electron chi connectivity index (χ0n) is 7.83. The van der Waals surface area contributed by atoms with E-state index < -0.39 is 27.6 Å². The van der Waals surface area contributed by atoms with Gasteiger partial charge in [0, 0.05) is 6.54 Å². The van der Waals surface area contributed by atoms with Crippen LogP contribution in [0.1, 0.15) is 0 Å². The largest absolute Gasteiger partial charge is 0.480 e. The molecule has 0 amide bonds. The zero-order chi connectivity index (χ0) is 11.5. The van der Waals surface area contributed by atoms with Crippen LogP contribution in [0.15, 0.2) is 35.2 Å². The van der Waals surface area contributed by atoms with Gasteiger partial charge in [0.25, 0.3) is 0 Å². The minimum Gasteiger partial charge on any atom is -0.480 e. The Morgan fingerprint density at radius 1 is 1.33 bits per heavy atom. The van der Waals surface area contributed by atoms with Crippen LogP contribution in [0.3, 0.4) is 0 Å². The van der Waals surface area contributed by atoms with Crippen molar-refractivity contribution in [3.8, 4) is 0 Å². The quantitative estimate of drug-likeness (QED) is 0.749. The van der Waals surface area contributed by atoms with E-state index in [0.717, 1.165) is 0 Å². The van der Waals surface area contributed by atoms with E-state index in [-0.39, 0.29) is 4.90 Å². The molecule has 0 aromatic heterocycles. The standard InChI is InChI=1S/C9H11NO4S/c10-6-8(9(11)12)15(13,14)7-4-2-1-3-5-7/h1-5,8H,6,10H2,(H,11,12)/t8-/m0/s1. The molecule has 15 heavy (non-hydrogen) atoms. The molecule has 0 aliphatic rings. The van der Waals surface area contributed by atoms with Crippen molar-refractivity contribution in [3.05, 3.63) is 30.3 Å². The number of aliphatic carboxylic acids is 1. The van der Waals surface area contributed by atoms with Gasteiger partial charge in [-0.15, -0.1) is 0 Å². The molecular weight excluding hydrogens is 218 g/mol. The Bertz CT molecular complexity index is 440. The van der Waals surface area contributed by atoms with Crippen LogP contribution in [0, 0.1) is 0 Å². The first-order chi connectivity index (χ1) is 7.00. The third-order valence-corrected chi connectivity index (χ3v) is 4.01. The summed E-state index contributed by atoms with van der Waals surface area (Å²) in [5.74, 6) is -1.43. The Hall–Kier alpha value is -1.40. The second-order valence-corrected chi connectivity index (χ2v) is 5.05. The predicted molar refractivity (Wildman–Crippen MR) is 54.1 cm³/mol. The lowest BCUT2D eigenvalue weighted by Crippen LogP contribution is -2.37. The topological polar surface area (TPSA) is 97.5 Å². The van der Waals surface area contributed by atoms with Gasteiger partial charge in [-0.1, -0.05) is 18.2 Å². The lowest BCUT2D eigenvalue weighted by Gasteiger charge is -2.10. The summed E-state index contributed by atoms with van der Waals surface area (Å²) >= 11 is 0. The number of hydrogen-bond acceptors (Lipinski definition) is 4. The number of hydrogen-bond donors (Lipinski definition) is 2. The fourth-order valence-electron chi connectivity index (χ4n) is 1.13. The van der Waals surface area contributed by atoms with E-state index in [1.54, 1.807) is 6.07 Å². The summed E-state index contributed by atoms with van der Waals surface area (Å²) in [7, 11) is -3.87. The van der Waals surface area contributed by atoms with Crippen molar-refractivity contribution in [3.63, 3.8) is 0 Å². The van der Waals surface area contributed by atoms with E-state index in [0.29, 0.717) is 0 Å². The molecule has 1 aromatic carbocycles. The number of benzene rings is 1. The molecule has 0 aliphatic heterocycles. The Kier molecular flexibility index (Phi) is 3.43. The summed E-state index contributed by atoms with van der Waals surface area (Å²) in [6.45, 7) is -0.438. The van der Waals surface area contributed by atoms with Gasteiger partial charge in [0.2, 0.25) is 0 Å². The highest BCUT2D eigenvalue weighted by Gasteiger charge is 2.32. The summed E-state index contributed by atoms with van der Waals surface area (Å²) in [5.41, 5.74) is 5.14. The minimum absolute atomic E-state index is 0.0251. The van der Waals surface area contributed by atoms with Crippen LogP contribution < -0.4 is 5.73 Å². The van der Waals surface area contributed by atoms with Gasteiger partial charge in [0.15, 0.2) is 15.1 Å². The molecule has 0 saturated carbocycles. The highest BCUT2D eigenvalue weighted by atomic mass is 32.2. The van der Waals surface area contributed by atoms with Crippen molar-refractivity contribution in [1.82, 2.24) is 0 Å². The number of sulfone groups is 1. The molecule has 82 valence electrons. The molecule has 0 fully saturated rings. The van der Waals surface area contributed by atoms with E-state index in [1.807, 2.05) is 0 Å². The Morgan fingerprint density at radius 3 is 2.27 bits per heavy atom. The van der Waals surface area contributed by atoms with Gasteiger partial charge < -0.3 is 10.8 Å². The second-order valence-electron chi connectivity index (χ2n) is 2.92. The predicted octanol–water partition coefficient (Wildman–Crippen LogP) is -0.128. The number of carbonyl (C=O) groups is 1. The van der Waals surface area contributed by atoms with Crippen molar-refractivity contribution >= 4 is 15.8 Å². The van der Waals surface area contributed by atoms with Crippen molar-refractivity contribution in [2.45, 2.75) is 10.1 Å². The van der Waals surface area contributed by atoms with Crippen LogP contribution in [-0.2, 0) is 14.6 Å². The number of rotatable bonds is 4. The first-order valence-corrected chi connectivity index (χ1v) is 5.76. The van der Waals surface area contributed by atoms with Gasteiger partial charge >= 0.3 is 5.97 Å². The van der Waals surface area contributed by atoms with Crippen LogP contribution in [-0.4, -0.2) is 31.3 Å². The molecule has 1 rings (SSSR count). The maximum Gasteiger partial charge on any atom is 0.323 e. The van der Waals surface area contributed by atoms with E-state index in [9.17, 15) is 13.2 Å². The van der Waals surface area contributed by atoms with Crippen molar-refractivity contribution in [2.75, 3.05) is 6.54 Å². The highest BCUT2D eigenvalue weighted by molar-refractivity contribution is 7.92. The van der Waals surface area contributed by atoms with E-state index in [4.69, 9.17) is 10.8 Å². The zero-order valence-corrected chi connectivity index (χ0v) is 8.65. The van der Waals surface area contributed by atoms with Crippen LogP contribution >= 0.6 is 0 Å². The Balaban J connectivity index is 3.19. The fourth-order valence-corrected chi connectivity index (χ4v) is 2.52. The highest BCUT2D eigenvalue weighted by Crippen LogP contribution is 2.15. The normalized spacial score (nSPS) is 13.4. The molecule has 1 aromatic rings. The lowest BCUT2D eigenvalue weighted by molar-refractivity contribution is -0.136. The first-order valence-electron chi connectivity index (χ1n) is 4.22. The SMILES string of the molecule is NC[C@@H](C(=O)O)S(=O)(=O)c1ccccc1. The molecule has 1 atom stereocenters. The van der Waals surface area contributed by atoms with Gasteiger partial charge in [0.05, 0.1) is 4.90 Å². The molecule has 0 saturated heterocycles. The molecule has 5 nitrogen and oxygen atoms in total. The molecule has 0 unspecified atom stereocenters. The van der Waals surface area contributed by atoms with Gasteiger partial charge in [-0.2, -0.15) is 0 Å². The molecule has 0 radical (unpaired) electrons. The van der Waals surface area contributed by atoms with Crippen molar-refractivity contribution in [1.29, 1.82) is 0 Å². The average Bonchev–Trinajstić information content (AvgIpc) is 2.19. The average molecular weight is 229 g/mol. The summed E-state index contributed by atoms with van der Waals surface area (Å²) in [6.07, 6.45) is 0. The summed E-state index contributed by atoms with van der Waals surface area (Å²) in [5, 5.41) is 7.13. The molecule has 0 heterocycles. The van der Waals surface area contributed by atoms with Gasteiger partial charge in [-0.25, -0.2) is 8.42 Å². The van der Waals surface area contributed by atoms with Crippen LogP contribution in [0.4, 0.5) is 0 Å². The van der Waals surface area contributed by atoms with Crippen molar-refractivity contribution in [2.24, 2.45) is 5.73 Å². The summed E-state index contributed by atoms with van der Waals surface area (Å²) in [6, 6.07) is 7.41. The number of nitrogens with two attached hydrogens (primary N) is 1. The molecule has 0 bridgehead atoms. The molecule has 3 N–H and O–H groups in total. The minimum atomic E-state index is -3.87. The molecular formula is C9H11NO4S. The second kappa shape index (κ2) is 4.41. The van der Waals surface area contributed by atoms with Crippen LogP contribution in [0.2, 0.25) is 0 Å². The summed E-state index contributed by atoms with van der Waals surface area (Å²) < 4.78 is 23.5. The lowest BCUT2D eigenvalue weighted by atomic mass is 10.4. The summed E-state index contributed by atoms with van der Waals surface area (Å²) in [4.78, 5) is 10.7. The molecule has 0 aliphatic carbocycles. The maximum absolute atomic E-state index is 11.7. The Labute approximate surface area is 87.4 Å². The monoisotopic (exact) mass is 229 g/mol. The van der Waals surface area contributed by atoms with Crippen LogP contribution in [0.25, 0.3) is 0 Å². The Morgan fingerprint density at radius 2 is 1.87 bits per heavy atom. The number of carboxylic acids is 1. The van der Waals surface area contributed by atoms with E-state index >= 15 is 0 Å². The fraction of sp³-hybridized carbons (Fsp3) is 0.222. The van der Waals surface area contributed by atoms with E-state index in [1.165, 1.54) is 24.3 Å². The molecule has 6 heteroatoms. The number of carboxylic acid groups (broad SMARTS) is 1. The van der Waals surface area contributed by atoms with Gasteiger partial charge in [-0.3, -0.25) is 4.79 Å². The van der Waals surface area contributed by atoms with Crippen molar-refractivity contribution < 1.29 is 18.3 Å². The molecule has 0 spiro atoms. The third kappa shape index (κ3) is 2.34. The maximum atomic E-state index is 11.7. The first kappa shape index (κ1) is 11.7.